The summed E-state index contributed by atoms with van der Waals surface area (Å²) in [5.41, 5.74) is 2.70. The molecule has 0 radical (unpaired) electrons. The molecule has 1 heterocycles. The maximum atomic E-state index is 4.22. The normalized spacial score (nSPS) is 12.6. The van der Waals surface area contributed by atoms with Gasteiger partial charge < -0.3 is 5.32 Å². The number of nitrogens with one attached hydrogen (secondary N) is 1. The smallest absolute Gasteiger partial charge is 0.176 e. The molecule has 0 saturated carbocycles. The van der Waals surface area contributed by atoms with Crippen LogP contribution in [0.25, 0.3) is 0 Å². The molecule has 1 atom stereocenters. The summed E-state index contributed by atoms with van der Waals surface area (Å²) in [5.74, 6) is 0.797. The summed E-state index contributed by atoms with van der Waals surface area (Å²) in [6.45, 7) is 2.13. The molecule has 0 aliphatic carbocycles. The zero-order chi connectivity index (χ0) is 13.7. The second-order valence-electron chi connectivity index (χ2n) is 4.91. The van der Waals surface area contributed by atoms with Gasteiger partial charge in [-0.2, -0.15) is 4.80 Å². The van der Waals surface area contributed by atoms with Gasteiger partial charge in [0.2, 0.25) is 0 Å². The Morgan fingerprint density at radius 2 is 2.21 bits per heavy atom. The number of aromatic nitrogens is 4. The van der Waals surface area contributed by atoms with Gasteiger partial charge in [0.1, 0.15) is 0 Å². The molecular formula is C14H21N5. The second-order valence-corrected chi connectivity index (χ2v) is 4.91. The van der Waals surface area contributed by atoms with Gasteiger partial charge in [-0.1, -0.05) is 29.8 Å². The van der Waals surface area contributed by atoms with E-state index in [1.807, 2.05) is 7.05 Å². The van der Waals surface area contributed by atoms with Crippen molar-refractivity contribution in [3.8, 4) is 0 Å². The van der Waals surface area contributed by atoms with Crippen molar-refractivity contribution in [1.29, 1.82) is 0 Å². The highest BCUT2D eigenvalue weighted by Gasteiger charge is 2.11. The fourth-order valence-corrected chi connectivity index (χ4v) is 2.18. The van der Waals surface area contributed by atoms with Crippen molar-refractivity contribution >= 4 is 0 Å². The van der Waals surface area contributed by atoms with Gasteiger partial charge in [-0.3, -0.25) is 0 Å². The maximum Gasteiger partial charge on any atom is 0.176 e. The van der Waals surface area contributed by atoms with Crippen LogP contribution in [0, 0.1) is 6.92 Å². The standard InChI is InChI=1S/C14H21N5/c1-11-5-4-6-12(9-11)7-8-13(15-2)10-14-16-18-19(3)17-14/h4-6,9,13,15H,7-8,10H2,1-3H3. The van der Waals surface area contributed by atoms with Crippen molar-refractivity contribution < 1.29 is 0 Å². The molecule has 0 fully saturated rings. The molecule has 0 saturated heterocycles. The van der Waals surface area contributed by atoms with Crippen LogP contribution >= 0.6 is 0 Å². The first-order chi connectivity index (χ1) is 9.17. The van der Waals surface area contributed by atoms with Gasteiger partial charge in [0.25, 0.3) is 0 Å². The van der Waals surface area contributed by atoms with E-state index in [-0.39, 0.29) is 0 Å². The van der Waals surface area contributed by atoms with E-state index in [4.69, 9.17) is 0 Å². The molecule has 19 heavy (non-hydrogen) atoms. The number of nitrogens with zero attached hydrogens (tertiary/aromatic N) is 4. The zero-order valence-corrected chi connectivity index (χ0v) is 11.8. The Labute approximate surface area is 114 Å². The average molecular weight is 259 g/mol. The third-order valence-corrected chi connectivity index (χ3v) is 3.25. The van der Waals surface area contributed by atoms with Crippen molar-refractivity contribution in [2.75, 3.05) is 7.05 Å². The molecule has 102 valence electrons. The van der Waals surface area contributed by atoms with Crippen LogP contribution in [-0.2, 0) is 19.9 Å². The van der Waals surface area contributed by atoms with Crippen LogP contribution in [0.2, 0.25) is 0 Å². The summed E-state index contributed by atoms with van der Waals surface area (Å²) in [6.07, 6.45) is 2.95. The molecule has 1 aromatic heterocycles. The fourth-order valence-electron chi connectivity index (χ4n) is 2.18. The van der Waals surface area contributed by atoms with Crippen molar-refractivity contribution in [2.24, 2.45) is 7.05 Å². The lowest BCUT2D eigenvalue weighted by Crippen LogP contribution is -2.28. The summed E-state index contributed by atoms with van der Waals surface area (Å²) in [5, 5.41) is 15.4. The van der Waals surface area contributed by atoms with E-state index >= 15 is 0 Å². The van der Waals surface area contributed by atoms with Gasteiger partial charge in [0, 0.05) is 12.5 Å². The molecule has 0 amide bonds. The minimum atomic E-state index is 0.379. The average Bonchev–Trinajstić information content (AvgIpc) is 2.80. The van der Waals surface area contributed by atoms with Crippen LogP contribution in [-0.4, -0.2) is 33.3 Å². The quantitative estimate of drug-likeness (QED) is 0.849. The van der Waals surface area contributed by atoms with Gasteiger partial charge in [-0.25, -0.2) is 0 Å². The Hall–Kier alpha value is -1.75. The van der Waals surface area contributed by atoms with Crippen molar-refractivity contribution in [3.63, 3.8) is 0 Å². The lowest BCUT2D eigenvalue weighted by atomic mass is 10.0. The minimum absolute atomic E-state index is 0.379. The first kappa shape index (κ1) is 13.7. The molecule has 1 N–H and O–H groups in total. The highest BCUT2D eigenvalue weighted by molar-refractivity contribution is 5.22. The van der Waals surface area contributed by atoms with Gasteiger partial charge in [0.15, 0.2) is 5.82 Å². The Bertz CT molecular complexity index is 520. The summed E-state index contributed by atoms with van der Waals surface area (Å²) < 4.78 is 0. The molecule has 2 rings (SSSR count). The molecule has 1 unspecified atom stereocenters. The van der Waals surface area contributed by atoms with E-state index in [1.165, 1.54) is 15.9 Å². The summed E-state index contributed by atoms with van der Waals surface area (Å²) >= 11 is 0. The molecule has 0 spiro atoms. The number of benzene rings is 1. The highest BCUT2D eigenvalue weighted by atomic mass is 15.6. The number of aryl methyl sites for hydroxylation is 3. The minimum Gasteiger partial charge on any atom is -0.317 e. The van der Waals surface area contributed by atoms with Crippen LogP contribution in [0.4, 0.5) is 0 Å². The summed E-state index contributed by atoms with van der Waals surface area (Å²) in [6, 6.07) is 9.05. The summed E-state index contributed by atoms with van der Waals surface area (Å²) in [7, 11) is 3.77. The largest absolute Gasteiger partial charge is 0.317 e. The maximum absolute atomic E-state index is 4.22. The Morgan fingerprint density at radius 1 is 1.37 bits per heavy atom. The van der Waals surface area contributed by atoms with Crippen LogP contribution < -0.4 is 5.32 Å². The molecule has 5 nitrogen and oxygen atoms in total. The van der Waals surface area contributed by atoms with E-state index in [0.29, 0.717) is 6.04 Å². The molecule has 5 heteroatoms. The van der Waals surface area contributed by atoms with E-state index in [1.54, 1.807) is 7.05 Å². The van der Waals surface area contributed by atoms with E-state index in [2.05, 4.69) is 51.9 Å². The third-order valence-electron chi connectivity index (χ3n) is 3.25. The van der Waals surface area contributed by atoms with Crippen LogP contribution in [0.15, 0.2) is 24.3 Å². The predicted octanol–water partition coefficient (Wildman–Crippen LogP) is 1.28. The van der Waals surface area contributed by atoms with Gasteiger partial charge in [-0.15, -0.1) is 10.2 Å². The molecule has 2 aromatic rings. The Balaban J connectivity index is 1.89. The number of tetrazole rings is 1. The van der Waals surface area contributed by atoms with E-state index in [0.717, 1.165) is 25.1 Å². The zero-order valence-electron chi connectivity index (χ0n) is 11.8. The van der Waals surface area contributed by atoms with Crippen LogP contribution in [0.1, 0.15) is 23.4 Å². The second kappa shape index (κ2) is 6.43. The number of likely N-dealkylation sites (N-methyl/N-ethyl adjacent to an activating group) is 1. The van der Waals surface area contributed by atoms with Crippen molar-refractivity contribution in [2.45, 2.75) is 32.2 Å². The number of rotatable bonds is 6. The highest BCUT2D eigenvalue weighted by Crippen LogP contribution is 2.09. The molecule has 0 aliphatic heterocycles. The summed E-state index contributed by atoms with van der Waals surface area (Å²) in [4.78, 5) is 1.50. The number of hydrogen-bond acceptors (Lipinski definition) is 4. The molecule has 1 aromatic carbocycles. The Kier molecular flexibility index (Phi) is 4.63. The lowest BCUT2D eigenvalue weighted by molar-refractivity contribution is 0.507. The van der Waals surface area contributed by atoms with Crippen LogP contribution in [0.5, 0.6) is 0 Å². The van der Waals surface area contributed by atoms with E-state index < -0.39 is 0 Å². The topological polar surface area (TPSA) is 55.6 Å². The van der Waals surface area contributed by atoms with Crippen molar-refractivity contribution in [3.05, 3.63) is 41.2 Å². The lowest BCUT2D eigenvalue weighted by Gasteiger charge is -2.14. The first-order valence-corrected chi connectivity index (χ1v) is 6.63. The van der Waals surface area contributed by atoms with Crippen LogP contribution in [0.3, 0.4) is 0 Å². The third kappa shape index (κ3) is 4.13. The number of hydrogen-bond donors (Lipinski definition) is 1. The molecule has 0 bridgehead atoms. The van der Waals surface area contributed by atoms with Gasteiger partial charge in [0.05, 0.1) is 7.05 Å². The SMILES string of the molecule is CNC(CCc1cccc(C)c1)Cc1nnn(C)n1. The van der Waals surface area contributed by atoms with Gasteiger partial charge >= 0.3 is 0 Å². The molecule has 0 aliphatic rings. The Morgan fingerprint density at radius 3 is 2.84 bits per heavy atom. The van der Waals surface area contributed by atoms with Crippen molar-refractivity contribution in [1.82, 2.24) is 25.5 Å². The predicted molar refractivity (Wildman–Crippen MR) is 74.8 cm³/mol. The van der Waals surface area contributed by atoms with E-state index in [9.17, 15) is 0 Å². The monoisotopic (exact) mass is 259 g/mol. The fraction of sp³-hybridized carbons (Fsp3) is 0.500. The molecular weight excluding hydrogens is 238 g/mol. The van der Waals surface area contributed by atoms with Gasteiger partial charge in [-0.05, 0) is 37.6 Å². The first-order valence-electron chi connectivity index (χ1n) is 6.63.